The Kier molecular flexibility index (Phi) is 6.35. The largest absolute Gasteiger partial charge is 0.497 e. The third-order valence-corrected chi connectivity index (χ3v) is 5.04. The molecule has 0 bridgehead atoms. The summed E-state index contributed by atoms with van der Waals surface area (Å²) in [5.74, 6) is 1.55. The standard InChI is InChI=1S/C22H29N3O2/c1-17-5-6-20(18(2)13-17)16-24-9-11-25(12-10-24)23-15-19-7-8-21(26-3)14-22(19)27-4/h5-8,13-15H,9-12,16H2,1-4H3/b23-15+. The van der Waals surface area contributed by atoms with Crippen molar-refractivity contribution in [1.82, 2.24) is 9.91 Å². The molecule has 0 saturated carbocycles. The minimum absolute atomic E-state index is 0.770. The summed E-state index contributed by atoms with van der Waals surface area (Å²) in [5, 5.41) is 6.78. The van der Waals surface area contributed by atoms with Crippen molar-refractivity contribution in [2.75, 3.05) is 40.4 Å². The zero-order chi connectivity index (χ0) is 19.2. The van der Waals surface area contributed by atoms with Crippen molar-refractivity contribution in [3.8, 4) is 11.5 Å². The summed E-state index contributed by atoms with van der Waals surface area (Å²) in [7, 11) is 3.32. The number of rotatable bonds is 6. The monoisotopic (exact) mass is 367 g/mol. The highest BCUT2D eigenvalue weighted by Crippen LogP contribution is 2.23. The van der Waals surface area contributed by atoms with E-state index in [9.17, 15) is 0 Å². The Morgan fingerprint density at radius 1 is 0.963 bits per heavy atom. The van der Waals surface area contributed by atoms with Crippen LogP contribution in [0.1, 0.15) is 22.3 Å². The van der Waals surface area contributed by atoms with Crippen LogP contribution in [0.3, 0.4) is 0 Å². The van der Waals surface area contributed by atoms with Crippen molar-refractivity contribution >= 4 is 6.21 Å². The predicted octanol–water partition coefficient (Wildman–Crippen LogP) is 3.47. The lowest BCUT2D eigenvalue weighted by Gasteiger charge is -2.33. The van der Waals surface area contributed by atoms with Crippen LogP contribution in [0.25, 0.3) is 0 Å². The van der Waals surface area contributed by atoms with Crippen LogP contribution < -0.4 is 9.47 Å². The van der Waals surface area contributed by atoms with Gasteiger partial charge >= 0.3 is 0 Å². The molecule has 0 spiro atoms. The van der Waals surface area contributed by atoms with Crippen molar-refractivity contribution in [3.63, 3.8) is 0 Å². The van der Waals surface area contributed by atoms with E-state index in [4.69, 9.17) is 9.47 Å². The maximum Gasteiger partial charge on any atom is 0.131 e. The van der Waals surface area contributed by atoms with E-state index in [0.717, 1.165) is 49.8 Å². The normalized spacial score (nSPS) is 15.3. The first kappa shape index (κ1) is 19.2. The fourth-order valence-corrected chi connectivity index (χ4v) is 3.34. The highest BCUT2D eigenvalue weighted by atomic mass is 16.5. The number of methoxy groups -OCH3 is 2. The average Bonchev–Trinajstić information content (AvgIpc) is 2.69. The van der Waals surface area contributed by atoms with Gasteiger partial charge in [0.1, 0.15) is 11.5 Å². The van der Waals surface area contributed by atoms with Crippen molar-refractivity contribution in [3.05, 3.63) is 58.7 Å². The summed E-state index contributed by atoms with van der Waals surface area (Å²) in [4.78, 5) is 2.50. The van der Waals surface area contributed by atoms with Gasteiger partial charge in [-0.15, -0.1) is 0 Å². The summed E-state index contributed by atoms with van der Waals surface area (Å²) >= 11 is 0. The summed E-state index contributed by atoms with van der Waals surface area (Å²) in [6.45, 7) is 9.25. The molecule has 0 aromatic heterocycles. The Morgan fingerprint density at radius 3 is 2.41 bits per heavy atom. The predicted molar refractivity (Wildman–Crippen MR) is 110 cm³/mol. The van der Waals surface area contributed by atoms with Gasteiger partial charge in [0, 0.05) is 44.4 Å². The van der Waals surface area contributed by atoms with Gasteiger partial charge in [0.2, 0.25) is 0 Å². The molecule has 144 valence electrons. The second kappa shape index (κ2) is 8.91. The molecule has 1 heterocycles. The Labute approximate surface area is 162 Å². The minimum Gasteiger partial charge on any atom is -0.497 e. The molecule has 0 N–H and O–H groups in total. The van der Waals surface area contributed by atoms with Crippen LogP contribution >= 0.6 is 0 Å². The number of piperazine rings is 1. The highest BCUT2D eigenvalue weighted by Gasteiger charge is 2.16. The Morgan fingerprint density at radius 2 is 1.74 bits per heavy atom. The maximum atomic E-state index is 5.43. The van der Waals surface area contributed by atoms with Gasteiger partial charge in [0.25, 0.3) is 0 Å². The Bertz CT molecular complexity index is 796. The quantitative estimate of drug-likeness (QED) is 0.733. The van der Waals surface area contributed by atoms with Gasteiger partial charge in [-0.25, -0.2) is 0 Å². The van der Waals surface area contributed by atoms with Crippen LogP contribution in [0, 0.1) is 13.8 Å². The molecule has 27 heavy (non-hydrogen) atoms. The first-order valence-electron chi connectivity index (χ1n) is 9.38. The zero-order valence-corrected chi connectivity index (χ0v) is 16.7. The van der Waals surface area contributed by atoms with Gasteiger partial charge in [-0.05, 0) is 37.1 Å². The molecule has 1 aliphatic rings. The molecule has 0 atom stereocenters. The summed E-state index contributed by atoms with van der Waals surface area (Å²) < 4.78 is 10.7. The molecule has 0 aliphatic carbocycles. The molecule has 5 nitrogen and oxygen atoms in total. The van der Waals surface area contributed by atoms with Crippen LogP contribution in [0.4, 0.5) is 0 Å². The molecule has 1 saturated heterocycles. The fourth-order valence-electron chi connectivity index (χ4n) is 3.34. The van der Waals surface area contributed by atoms with Crippen molar-refractivity contribution in [2.45, 2.75) is 20.4 Å². The van der Waals surface area contributed by atoms with Crippen LogP contribution in [0.2, 0.25) is 0 Å². The first-order valence-corrected chi connectivity index (χ1v) is 9.38. The number of nitrogens with zero attached hydrogens (tertiary/aromatic N) is 3. The fraction of sp³-hybridized carbons (Fsp3) is 0.409. The lowest BCUT2D eigenvalue weighted by atomic mass is 10.1. The molecule has 0 radical (unpaired) electrons. The zero-order valence-electron chi connectivity index (χ0n) is 16.7. The smallest absolute Gasteiger partial charge is 0.131 e. The van der Waals surface area contributed by atoms with Crippen LogP contribution in [0.15, 0.2) is 41.5 Å². The van der Waals surface area contributed by atoms with E-state index in [0.29, 0.717) is 0 Å². The lowest BCUT2D eigenvalue weighted by Crippen LogP contribution is -2.43. The molecule has 0 amide bonds. The summed E-state index contributed by atoms with van der Waals surface area (Å²) in [6, 6.07) is 12.5. The molecule has 2 aromatic carbocycles. The van der Waals surface area contributed by atoms with E-state index in [1.54, 1.807) is 14.2 Å². The molecule has 0 unspecified atom stereocenters. The first-order chi connectivity index (χ1) is 13.1. The molecule has 2 aromatic rings. The molecule has 1 aliphatic heterocycles. The topological polar surface area (TPSA) is 37.3 Å². The summed E-state index contributed by atoms with van der Waals surface area (Å²) in [5.41, 5.74) is 5.07. The van der Waals surface area contributed by atoms with Crippen molar-refractivity contribution in [1.29, 1.82) is 0 Å². The van der Waals surface area contributed by atoms with Crippen LogP contribution in [0.5, 0.6) is 11.5 Å². The number of aryl methyl sites for hydroxylation is 2. The third-order valence-electron chi connectivity index (χ3n) is 5.04. The SMILES string of the molecule is COc1ccc(/C=N/N2CCN(Cc3ccc(C)cc3C)CC2)c(OC)c1. The average molecular weight is 367 g/mol. The van der Waals surface area contributed by atoms with E-state index in [2.05, 4.69) is 47.1 Å². The highest BCUT2D eigenvalue weighted by molar-refractivity contribution is 5.83. The number of hydrogen-bond acceptors (Lipinski definition) is 5. The number of hydrazone groups is 1. The molecular weight excluding hydrogens is 338 g/mol. The number of hydrogen-bond donors (Lipinski definition) is 0. The molecular formula is C22H29N3O2. The van der Waals surface area contributed by atoms with Gasteiger partial charge < -0.3 is 9.47 Å². The Hall–Kier alpha value is -2.53. The summed E-state index contributed by atoms with van der Waals surface area (Å²) in [6.07, 6.45) is 1.87. The minimum atomic E-state index is 0.770. The van der Waals surface area contributed by atoms with Crippen LogP contribution in [-0.4, -0.2) is 56.5 Å². The van der Waals surface area contributed by atoms with Gasteiger partial charge in [0.05, 0.1) is 20.4 Å². The van der Waals surface area contributed by atoms with E-state index in [-0.39, 0.29) is 0 Å². The van der Waals surface area contributed by atoms with E-state index in [1.807, 2.05) is 24.4 Å². The molecule has 1 fully saturated rings. The second-order valence-electron chi connectivity index (χ2n) is 7.01. The third kappa shape index (κ3) is 5.01. The molecule has 3 rings (SSSR count). The number of ether oxygens (including phenoxy) is 2. The second-order valence-corrected chi connectivity index (χ2v) is 7.01. The van der Waals surface area contributed by atoms with E-state index in [1.165, 1.54) is 16.7 Å². The maximum absolute atomic E-state index is 5.43. The van der Waals surface area contributed by atoms with Crippen molar-refractivity contribution in [2.24, 2.45) is 5.10 Å². The number of benzene rings is 2. The van der Waals surface area contributed by atoms with Gasteiger partial charge in [0.15, 0.2) is 0 Å². The van der Waals surface area contributed by atoms with E-state index < -0.39 is 0 Å². The van der Waals surface area contributed by atoms with Gasteiger partial charge in [-0.1, -0.05) is 23.8 Å². The molecule has 5 heteroatoms. The Balaban J connectivity index is 1.55. The van der Waals surface area contributed by atoms with Crippen LogP contribution in [-0.2, 0) is 6.54 Å². The van der Waals surface area contributed by atoms with Gasteiger partial charge in [-0.2, -0.15) is 5.10 Å². The van der Waals surface area contributed by atoms with Gasteiger partial charge in [-0.3, -0.25) is 9.91 Å². The van der Waals surface area contributed by atoms with E-state index >= 15 is 0 Å². The van der Waals surface area contributed by atoms with Crippen molar-refractivity contribution < 1.29 is 9.47 Å². The lowest BCUT2D eigenvalue weighted by molar-refractivity contribution is 0.131.